The second kappa shape index (κ2) is 6.64. The molecule has 3 heterocycles. The Morgan fingerprint density at radius 1 is 1.39 bits per heavy atom. The first-order valence-corrected chi connectivity index (χ1v) is 8.55. The second-order valence-corrected chi connectivity index (χ2v) is 7.20. The Balaban J connectivity index is 1.67. The number of thiophene rings is 1. The topological polar surface area (TPSA) is 66.8 Å². The van der Waals surface area contributed by atoms with Crippen LogP contribution in [0.2, 0.25) is 0 Å². The third-order valence-electron chi connectivity index (χ3n) is 3.48. The van der Waals surface area contributed by atoms with Crippen LogP contribution in [0.3, 0.4) is 0 Å². The van der Waals surface area contributed by atoms with Crippen LogP contribution in [-0.4, -0.2) is 31.7 Å². The van der Waals surface area contributed by atoms with Gasteiger partial charge in [0.1, 0.15) is 10.5 Å². The summed E-state index contributed by atoms with van der Waals surface area (Å²) in [5, 5.41) is 6.27. The number of hydrogen-bond donors (Lipinski definition) is 1. The van der Waals surface area contributed by atoms with Crippen molar-refractivity contribution in [3.63, 3.8) is 0 Å². The van der Waals surface area contributed by atoms with Gasteiger partial charge in [0.15, 0.2) is 0 Å². The van der Waals surface area contributed by atoms with Gasteiger partial charge in [-0.3, -0.25) is 14.4 Å². The van der Waals surface area contributed by atoms with Gasteiger partial charge in [0, 0.05) is 24.8 Å². The van der Waals surface area contributed by atoms with Gasteiger partial charge in [-0.15, -0.1) is 11.3 Å². The summed E-state index contributed by atoms with van der Waals surface area (Å²) in [7, 11) is 2.01. The van der Waals surface area contributed by atoms with Crippen molar-refractivity contribution in [3.05, 3.63) is 45.6 Å². The maximum atomic E-state index is 12.0. The second-order valence-electron chi connectivity index (χ2n) is 6.28. The minimum Gasteiger partial charge on any atom is -0.308 e. The molecule has 0 unspecified atom stereocenters. The molecular formula is C16H21N5OS. The minimum absolute atomic E-state index is 0.0573. The fourth-order valence-corrected chi connectivity index (χ4v) is 3.31. The lowest BCUT2D eigenvalue weighted by molar-refractivity contribution is 0.310. The number of nitrogens with one attached hydrogen (secondary N) is 1. The molecule has 6 nitrogen and oxygen atoms in total. The molecule has 3 aromatic heterocycles. The van der Waals surface area contributed by atoms with Crippen LogP contribution in [0, 0.1) is 5.92 Å². The quantitative estimate of drug-likeness (QED) is 0.753. The van der Waals surface area contributed by atoms with Crippen molar-refractivity contribution in [1.82, 2.24) is 24.6 Å². The smallest absolute Gasteiger partial charge is 0.268 e. The number of rotatable bonds is 6. The molecule has 0 saturated heterocycles. The summed E-state index contributed by atoms with van der Waals surface area (Å²) < 4.78 is 2.66. The highest BCUT2D eigenvalue weighted by Crippen LogP contribution is 2.14. The van der Waals surface area contributed by atoms with Gasteiger partial charge in [-0.2, -0.15) is 5.10 Å². The molecule has 0 fully saturated rings. The molecule has 23 heavy (non-hydrogen) atoms. The lowest BCUT2D eigenvalue weighted by Gasteiger charge is -2.14. The molecule has 0 radical (unpaired) electrons. The molecule has 122 valence electrons. The minimum atomic E-state index is -0.0573. The van der Waals surface area contributed by atoms with E-state index in [0.717, 1.165) is 24.2 Å². The average molecular weight is 331 g/mol. The van der Waals surface area contributed by atoms with E-state index < -0.39 is 0 Å². The van der Waals surface area contributed by atoms with E-state index in [4.69, 9.17) is 0 Å². The monoisotopic (exact) mass is 331 g/mol. The third-order valence-corrected chi connectivity index (χ3v) is 4.38. The van der Waals surface area contributed by atoms with Crippen LogP contribution in [0.25, 0.3) is 10.2 Å². The number of nitrogens with zero attached hydrogens (tertiary/aromatic N) is 4. The van der Waals surface area contributed by atoms with E-state index in [1.165, 1.54) is 11.3 Å². The number of hydrogen-bond acceptors (Lipinski definition) is 5. The van der Waals surface area contributed by atoms with Crippen molar-refractivity contribution in [2.75, 3.05) is 7.05 Å². The molecule has 0 aliphatic heterocycles. The Morgan fingerprint density at radius 3 is 3.00 bits per heavy atom. The van der Waals surface area contributed by atoms with E-state index in [9.17, 15) is 4.79 Å². The van der Waals surface area contributed by atoms with E-state index >= 15 is 0 Å². The van der Waals surface area contributed by atoms with Gasteiger partial charge >= 0.3 is 0 Å². The molecule has 7 heteroatoms. The van der Waals surface area contributed by atoms with Gasteiger partial charge in [0.2, 0.25) is 0 Å². The van der Waals surface area contributed by atoms with Crippen LogP contribution < -0.4 is 5.56 Å². The fraction of sp³-hybridized carbons (Fsp3) is 0.438. The highest BCUT2D eigenvalue weighted by atomic mass is 32.1. The summed E-state index contributed by atoms with van der Waals surface area (Å²) in [6.07, 6.45) is 3.98. The maximum absolute atomic E-state index is 12.0. The lowest BCUT2D eigenvalue weighted by atomic mass is 10.2. The van der Waals surface area contributed by atoms with E-state index in [1.807, 2.05) is 29.4 Å². The van der Waals surface area contributed by atoms with Gasteiger partial charge in [0.25, 0.3) is 5.56 Å². The Hall–Kier alpha value is -1.99. The zero-order chi connectivity index (χ0) is 16.4. The van der Waals surface area contributed by atoms with Crippen LogP contribution >= 0.6 is 11.3 Å². The Bertz CT molecular complexity index is 847. The Labute approximate surface area is 138 Å². The summed E-state index contributed by atoms with van der Waals surface area (Å²) in [4.78, 5) is 21.5. The van der Waals surface area contributed by atoms with Crippen LogP contribution in [-0.2, 0) is 19.6 Å². The van der Waals surface area contributed by atoms with Gasteiger partial charge in [-0.05, 0) is 24.4 Å². The van der Waals surface area contributed by atoms with Crippen LogP contribution in [0.15, 0.2) is 28.6 Å². The zero-order valence-electron chi connectivity index (χ0n) is 13.6. The van der Waals surface area contributed by atoms with Crippen molar-refractivity contribution in [2.45, 2.75) is 33.5 Å². The molecule has 0 amide bonds. The van der Waals surface area contributed by atoms with Gasteiger partial charge in [-0.25, -0.2) is 4.98 Å². The van der Waals surface area contributed by atoms with Gasteiger partial charge in [-0.1, -0.05) is 13.8 Å². The largest absolute Gasteiger partial charge is 0.308 e. The normalized spacial score (nSPS) is 11.9. The Kier molecular flexibility index (Phi) is 4.58. The molecule has 0 aromatic carbocycles. The Morgan fingerprint density at radius 2 is 2.22 bits per heavy atom. The average Bonchev–Trinajstić information content (AvgIpc) is 3.07. The molecule has 0 aliphatic rings. The number of aromatic nitrogens is 4. The van der Waals surface area contributed by atoms with Gasteiger partial charge < -0.3 is 4.98 Å². The predicted molar refractivity (Wildman–Crippen MR) is 92.5 cm³/mol. The van der Waals surface area contributed by atoms with E-state index in [-0.39, 0.29) is 5.56 Å². The summed E-state index contributed by atoms with van der Waals surface area (Å²) in [5.41, 5.74) is 1.87. The standard InChI is InChI=1S/C16H21N5OS/c1-11(2)7-21-9-12(6-17-21)8-20(3)10-14-18-13-4-5-23-15(13)16(22)19-14/h4-6,9,11H,7-8,10H2,1-3H3,(H,18,19,22). The summed E-state index contributed by atoms with van der Waals surface area (Å²) in [6.45, 7) is 6.64. The van der Waals surface area contributed by atoms with Crippen molar-refractivity contribution >= 4 is 21.6 Å². The molecule has 3 rings (SSSR count). The molecule has 3 aromatic rings. The fourth-order valence-electron chi connectivity index (χ4n) is 2.58. The molecular weight excluding hydrogens is 310 g/mol. The number of H-pyrrole nitrogens is 1. The van der Waals surface area contributed by atoms with E-state index in [1.54, 1.807) is 0 Å². The maximum Gasteiger partial charge on any atom is 0.268 e. The molecule has 0 saturated carbocycles. The van der Waals surface area contributed by atoms with Crippen molar-refractivity contribution in [2.24, 2.45) is 5.92 Å². The molecule has 1 N–H and O–H groups in total. The number of fused-ring (bicyclic) bond motifs is 1. The molecule has 0 spiro atoms. The molecule has 0 atom stereocenters. The zero-order valence-corrected chi connectivity index (χ0v) is 14.4. The van der Waals surface area contributed by atoms with Crippen LogP contribution in [0.4, 0.5) is 0 Å². The summed E-state index contributed by atoms with van der Waals surface area (Å²) in [5.74, 6) is 1.27. The highest BCUT2D eigenvalue weighted by Gasteiger charge is 2.09. The third kappa shape index (κ3) is 3.86. The number of aromatic amines is 1. The predicted octanol–water partition coefficient (Wildman–Crippen LogP) is 2.47. The van der Waals surface area contributed by atoms with Gasteiger partial charge in [0.05, 0.1) is 18.3 Å². The SMILES string of the molecule is CC(C)Cn1cc(CN(C)Cc2nc3ccsc3c(=O)[nH]2)cn1. The van der Waals surface area contributed by atoms with E-state index in [2.05, 4.69) is 40.0 Å². The summed E-state index contributed by atoms with van der Waals surface area (Å²) >= 11 is 1.42. The summed E-state index contributed by atoms with van der Waals surface area (Å²) in [6, 6.07) is 1.88. The first kappa shape index (κ1) is 15.9. The molecule has 0 bridgehead atoms. The van der Waals surface area contributed by atoms with Crippen molar-refractivity contribution < 1.29 is 0 Å². The van der Waals surface area contributed by atoms with Crippen molar-refractivity contribution in [1.29, 1.82) is 0 Å². The lowest BCUT2D eigenvalue weighted by Crippen LogP contribution is -2.21. The van der Waals surface area contributed by atoms with Crippen molar-refractivity contribution in [3.8, 4) is 0 Å². The molecule has 0 aliphatic carbocycles. The van der Waals surface area contributed by atoms with Crippen LogP contribution in [0.5, 0.6) is 0 Å². The highest BCUT2D eigenvalue weighted by molar-refractivity contribution is 7.17. The first-order valence-electron chi connectivity index (χ1n) is 7.67. The van der Waals surface area contributed by atoms with Crippen LogP contribution in [0.1, 0.15) is 25.2 Å². The van der Waals surface area contributed by atoms with E-state index in [0.29, 0.717) is 23.0 Å². The first-order chi connectivity index (χ1) is 11.0.